The number of aliphatic hydroxyl groups excluding tert-OH is 1. The van der Waals surface area contributed by atoms with E-state index in [4.69, 9.17) is 37.3 Å². The number of aliphatic hydroxyl groups is 1. The molecule has 18 heteroatoms. The number of carboxylic acids is 1. The molecule has 17 nitrogen and oxygen atoms in total. The Labute approximate surface area is 400 Å². The summed E-state index contributed by atoms with van der Waals surface area (Å²) in [5.74, 6) is -6.00. The van der Waals surface area contributed by atoms with Crippen molar-refractivity contribution in [1.82, 2.24) is 0 Å². The van der Waals surface area contributed by atoms with Crippen molar-refractivity contribution < 1.29 is 79.9 Å². The lowest BCUT2D eigenvalue weighted by molar-refractivity contribution is -0.329. The predicted octanol–water partition coefficient (Wildman–Crippen LogP) is 6.24. The molecule has 9 unspecified atom stereocenters. The van der Waals surface area contributed by atoms with Gasteiger partial charge in [-0.25, -0.2) is 19.2 Å². The maximum atomic E-state index is 14.2. The van der Waals surface area contributed by atoms with E-state index in [0.29, 0.717) is 0 Å². The first-order valence-electron chi connectivity index (χ1n) is 22.9. The lowest BCUT2D eigenvalue weighted by Crippen LogP contribution is -2.65. The fourth-order valence-electron chi connectivity index (χ4n) is 8.88. The Morgan fingerprint density at radius 3 is 1.78 bits per heavy atom. The molecule has 3 aliphatic rings. The summed E-state index contributed by atoms with van der Waals surface area (Å²) in [5, 5.41) is 22.8. The lowest BCUT2D eigenvalue weighted by Gasteiger charge is -2.47. The molecular formula is C51H56O17S. The summed E-state index contributed by atoms with van der Waals surface area (Å²) < 4.78 is 75.6. The minimum Gasteiger partial charge on any atom is -0.479 e. The van der Waals surface area contributed by atoms with Gasteiger partial charge in [-0.05, 0) is 80.6 Å². The highest BCUT2D eigenvalue weighted by Crippen LogP contribution is 2.38. The maximum absolute atomic E-state index is 14.2. The van der Waals surface area contributed by atoms with Gasteiger partial charge in [-0.15, -0.1) is 0 Å². The third-order valence-corrected chi connectivity index (χ3v) is 13.9. The number of carboxylic acid groups (broad SMARTS) is 1. The first kappa shape index (κ1) is 50.8. The Bertz CT molecular complexity index is 2460. The molecule has 1 heterocycles. The van der Waals surface area contributed by atoms with Crippen molar-refractivity contribution in [1.29, 1.82) is 0 Å². The second-order valence-electron chi connectivity index (χ2n) is 17.4. The van der Waals surface area contributed by atoms with Gasteiger partial charge < -0.3 is 43.4 Å². The van der Waals surface area contributed by atoms with E-state index in [-0.39, 0.29) is 46.8 Å². The van der Waals surface area contributed by atoms with Crippen LogP contribution in [0.15, 0.2) is 120 Å². The Balaban J connectivity index is 1.31. The van der Waals surface area contributed by atoms with Crippen LogP contribution >= 0.6 is 0 Å². The molecule has 7 rings (SSSR count). The van der Waals surface area contributed by atoms with Crippen molar-refractivity contribution in [2.24, 2.45) is 11.8 Å². The average molecular weight is 973 g/mol. The van der Waals surface area contributed by atoms with Crippen LogP contribution in [0, 0.1) is 18.8 Å². The first-order valence-corrected chi connectivity index (χ1v) is 24.3. The second-order valence-corrected chi connectivity index (χ2v) is 19.0. The molecule has 10 atom stereocenters. The molecule has 0 bridgehead atoms. The van der Waals surface area contributed by atoms with Crippen molar-refractivity contribution in [2.75, 3.05) is 13.7 Å². The molecular weight excluding hydrogens is 917 g/mol. The van der Waals surface area contributed by atoms with Crippen LogP contribution in [0.2, 0.25) is 0 Å². The number of benzene rings is 4. The van der Waals surface area contributed by atoms with Gasteiger partial charge in [0.2, 0.25) is 0 Å². The minimum atomic E-state index is -4.55. The highest BCUT2D eigenvalue weighted by Gasteiger charge is 2.55. The van der Waals surface area contributed by atoms with Crippen molar-refractivity contribution in [3.8, 4) is 0 Å². The maximum Gasteiger partial charge on any atom is 0.338 e. The Kier molecular flexibility index (Phi) is 17.3. The SMILES string of the molecule is COC(=O)C1CC(OC2OC(COC(=O)c3ccccc3)C(OC(=O)c3ccccc3)C(O[C@@H](CC3CCCCC3)C(=O)O)C2OC(=O)c2ccccc2)C(O)C(OS(=O)(=O)c2ccc(C)cc2)C1. The van der Waals surface area contributed by atoms with E-state index in [9.17, 15) is 42.6 Å². The molecule has 368 valence electrons. The molecule has 0 radical (unpaired) electrons. The van der Waals surface area contributed by atoms with Crippen molar-refractivity contribution in [3.05, 3.63) is 138 Å². The van der Waals surface area contributed by atoms with Crippen LogP contribution in [0.1, 0.15) is 88.0 Å². The number of ether oxygens (including phenoxy) is 7. The van der Waals surface area contributed by atoms with Crippen molar-refractivity contribution in [3.63, 3.8) is 0 Å². The Hall–Kier alpha value is -6.02. The molecule has 4 aromatic rings. The molecule has 0 aromatic heterocycles. The summed E-state index contributed by atoms with van der Waals surface area (Å²) in [4.78, 5) is 68.0. The van der Waals surface area contributed by atoms with E-state index in [2.05, 4.69) is 0 Å². The number of aryl methyl sites for hydroxylation is 1. The number of carbonyl (C=O) groups is 5. The monoisotopic (exact) mass is 972 g/mol. The van der Waals surface area contributed by atoms with Crippen molar-refractivity contribution in [2.45, 2.75) is 118 Å². The predicted molar refractivity (Wildman–Crippen MR) is 243 cm³/mol. The number of hydrogen-bond acceptors (Lipinski definition) is 16. The van der Waals surface area contributed by atoms with Crippen LogP contribution in [0.4, 0.5) is 0 Å². The number of methoxy groups -OCH3 is 1. The van der Waals surface area contributed by atoms with Gasteiger partial charge in [0.15, 0.2) is 24.6 Å². The zero-order chi connectivity index (χ0) is 49.1. The quantitative estimate of drug-likeness (QED) is 0.0638. The van der Waals surface area contributed by atoms with Gasteiger partial charge in [-0.1, -0.05) is 104 Å². The molecule has 3 fully saturated rings. The van der Waals surface area contributed by atoms with Gasteiger partial charge in [0.05, 0.1) is 40.7 Å². The number of hydrogen-bond donors (Lipinski definition) is 2. The normalized spacial score (nSPS) is 25.6. The third kappa shape index (κ3) is 13.2. The summed E-state index contributed by atoms with van der Waals surface area (Å²) in [6, 6.07) is 29.3. The molecule has 0 amide bonds. The van der Waals surface area contributed by atoms with Gasteiger partial charge in [-0.2, -0.15) is 8.42 Å². The minimum absolute atomic E-state index is 0.0290. The fourth-order valence-corrected chi connectivity index (χ4v) is 9.98. The van der Waals surface area contributed by atoms with Crippen LogP contribution in [0.3, 0.4) is 0 Å². The number of carbonyl (C=O) groups excluding carboxylic acids is 4. The summed E-state index contributed by atoms with van der Waals surface area (Å²) in [7, 11) is -3.42. The van der Waals surface area contributed by atoms with Gasteiger partial charge in [0.25, 0.3) is 10.1 Å². The Morgan fingerprint density at radius 1 is 0.696 bits per heavy atom. The van der Waals surface area contributed by atoms with E-state index in [1.54, 1.807) is 73.7 Å². The lowest BCUT2D eigenvalue weighted by atomic mass is 9.83. The largest absolute Gasteiger partial charge is 0.479 e. The smallest absolute Gasteiger partial charge is 0.338 e. The van der Waals surface area contributed by atoms with Gasteiger partial charge in [-0.3, -0.25) is 8.98 Å². The highest BCUT2D eigenvalue weighted by molar-refractivity contribution is 7.86. The first-order chi connectivity index (χ1) is 33.2. The summed E-state index contributed by atoms with van der Waals surface area (Å²) in [6.45, 7) is 1.10. The molecule has 4 aromatic carbocycles. The second kappa shape index (κ2) is 23.5. The highest BCUT2D eigenvalue weighted by atomic mass is 32.2. The van der Waals surface area contributed by atoms with Crippen LogP contribution in [-0.2, 0) is 57.0 Å². The molecule has 2 aliphatic carbocycles. The van der Waals surface area contributed by atoms with E-state index in [0.717, 1.165) is 44.8 Å². The van der Waals surface area contributed by atoms with E-state index >= 15 is 0 Å². The van der Waals surface area contributed by atoms with Crippen LogP contribution < -0.4 is 0 Å². The average Bonchev–Trinajstić information content (AvgIpc) is 3.36. The molecule has 2 N–H and O–H groups in total. The van der Waals surface area contributed by atoms with E-state index in [1.807, 2.05) is 0 Å². The molecule has 0 spiro atoms. The van der Waals surface area contributed by atoms with Gasteiger partial charge >= 0.3 is 29.8 Å². The fraction of sp³-hybridized carbons (Fsp3) is 0.431. The van der Waals surface area contributed by atoms with Crippen LogP contribution in [-0.4, -0.2) is 117 Å². The van der Waals surface area contributed by atoms with E-state index < -0.39 is 108 Å². The summed E-state index contributed by atoms with van der Waals surface area (Å²) in [6.07, 6.45) is -11.6. The van der Waals surface area contributed by atoms with Gasteiger partial charge in [0, 0.05) is 0 Å². The molecule has 1 saturated heterocycles. The zero-order valence-electron chi connectivity index (χ0n) is 38.1. The number of rotatable bonds is 18. The summed E-state index contributed by atoms with van der Waals surface area (Å²) >= 11 is 0. The molecule has 69 heavy (non-hydrogen) atoms. The third-order valence-electron chi connectivity index (χ3n) is 12.6. The van der Waals surface area contributed by atoms with Crippen LogP contribution in [0.25, 0.3) is 0 Å². The Morgan fingerprint density at radius 2 is 1.23 bits per heavy atom. The van der Waals surface area contributed by atoms with Crippen LogP contribution in [0.5, 0.6) is 0 Å². The van der Waals surface area contributed by atoms with Gasteiger partial charge in [0.1, 0.15) is 31.0 Å². The zero-order valence-corrected chi connectivity index (χ0v) is 38.9. The molecule has 1 aliphatic heterocycles. The summed E-state index contributed by atoms with van der Waals surface area (Å²) in [5.41, 5.74) is 1.06. The standard InChI is InChI=1S/C51H56O17S/c1-31-23-25-37(26-24-31)69(59,60)68-39-29-36(47(55)61-2)28-38(42(39)52)64-51-45(67-50(58)35-21-13-6-14-22-35)44(63-40(46(53)54)27-32-15-7-3-8-16-32)43(66-49(57)34-19-11-5-12-20-34)41(65-51)30-62-48(56)33-17-9-4-10-18-33/h4-6,9-14,17-26,32,36,38-45,51-52H,3,7-8,15-16,27-30H2,1-2H3,(H,53,54)/t36?,38?,39?,40-,41?,42?,43?,44?,45?,51?/m0/s1. The van der Waals surface area contributed by atoms with Crippen molar-refractivity contribution >= 4 is 40.0 Å². The number of esters is 4. The molecule has 2 saturated carbocycles. The number of aliphatic carboxylic acids is 1. The van der Waals surface area contributed by atoms with E-state index in [1.165, 1.54) is 48.5 Å². The topological polar surface area (TPSA) is 234 Å².